The third-order valence-electron chi connectivity index (χ3n) is 3.61. The second-order valence-electron chi connectivity index (χ2n) is 5.95. The molecule has 33 heavy (non-hydrogen) atoms. The van der Waals surface area contributed by atoms with Crippen LogP contribution in [0.2, 0.25) is 0 Å². The summed E-state index contributed by atoms with van der Waals surface area (Å²) in [4.78, 5) is 40.5. The first kappa shape index (κ1) is 39.0. The maximum atomic E-state index is 10.1. The van der Waals surface area contributed by atoms with Crippen LogP contribution in [-0.2, 0) is 64.2 Å². The quantitative estimate of drug-likeness (QED) is 0.279. The zero-order valence-electron chi connectivity index (χ0n) is 17.3. The van der Waals surface area contributed by atoms with Crippen LogP contribution in [0.5, 0.6) is 0 Å². The van der Waals surface area contributed by atoms with Crippen molar-refractivity contribution in [2.75, 3.05) is 26.2 Å². The Bertz CT molecular complexity index is 403. The molecule has 4 aliphatic rings. The van der Waals surface area contributed by atoms with Gasteiger partial charge in [-0.05, 0) is 25.7 Å². The third kappa shape index (κ3) is 38.2. The first-order chi connectivity index (χ1) is 15.8. The molecule has 17 heteroatoms. The summed E-state index contributed by atoms with van der Waals surface area (Å²) in [5.41, 5.74) is 0. The second kappa shape index (κ2) is 33.5. The molecular formula is C16H28Cl6CuN4O4Pd2. The molecule has 4 rings (SSSR count). The monoisotopic (exact) mass is 825 g/mol. The molecule has 4 saturated heterocycles. The van der Waals surface area contributed by atoms with Crippen molar-refractivity contribution in [2.24, 2.45) is 0 Å². The molecule has 0 radical (unpaired) electrons. The topological polar surface area (TPSA) is 116 Å². The molecule has 209 valence electrons. The van der Waals surface area contributed by atoms with Crippen LogP contribution in [0, 0.1) is 0 Å². The standard InChI is InChI=1S/4C4H7NO.6ClH.Cu.2Pd/c4*6-4-2-1-3-5-4;;;;;;;;;/h4*1-3H2,(H,5,6);6*1H;;;/q;;;;;;;;;;3*+2/p-6. The van der Waals surface area contributed by atoms with Crippen LogP contribution in [0.3, 0.4) is 0 Å². The van der Waals surface area contributed by atoms with Gasteiger partial charge in [0.1, 0.15) is 0 Å². The van der Waals surface area contributed by atoms with E-state index in [9.17, 15) is 19.2 Å². The first-order valence-corrected chi connectivity index (χ1v) is 19.9. The fraction of sp³-hybridized carbons (Fsp3) is 0.750. The predicted molar refractivity (Wildman–Crippen MR) is 124 cm³/mol. The number of rotatable bonds is 0. The molecule has 4 heterocycles. The van der Waals surface area contributed by atoms with Crippen LogP contribution in [-0.4, -0.2) is 49.8 Å². The fourth-order valence-corrected chi connectivity index (χ4v) is 2.26. The Morgan fingerprint density at radius 2 is 0.667 bits per heavy atom. The van der Waals surface area contributed by atoms with Gasteiger partial charge in [0, 0.05) is 51.9 Å². The molecule has 0 bridgehead atoms. The molecule has 4 fully saturated rings. The summed E-state index contributed by atoms with van der Waals surface area (Å²) in [5.74, 6) is 0.815. The molecule has 0 saturated carbocycles. The average molecular weight is 830 g/mol. The van der Waals surface area contributed by atoms with Crippen molar-refractivity contribution in [1.82, 2.24) is 21.3 Å². The number of hydrogen-bond donors (Lipinski definition) is 4. The molecule has 8 nitrogen and oxygen atoms in total. The summed E-state index contributed by atoms with van der Waals surface area (Å²) >= 11 is 0.546. The zero-order valence-corrected chi connectivity index (χ0v) is 25.9. The van der Waals surface area contributed by atoms with Crippen molar-refractivity contribution in [3.8, 4) is 0 Å². The Kier molecular flexibility index (Phi) is 39.5. The Morgan fingerprint density at radius 1 is 0.515 bits per heavy atom. The summed E-state index contributed by atoms with van der Waals surface area (Å²) < 4.78 is 0. The molecule has 4 aliphatic heterocycles. The van der Waals surface area contributed by atoms with Gasteiger partial charge < -0.3 is 21.3 Å². The van der Waals surface area contributed by atoms with Gasteiger partial charge in [-0.25, -0.2) is 0 Å². The normalized spacial score (nSPS) is 17.3. The van der Waals surface area contributed by atoms with Gasteiger partial charge in [-0.15, -0.1) is 0 Å². The molecule has 4 N–H and O–H groups in total. The van der Waals surface area contributed by atoms with Crippen LogP contribution in [0.1, 0.15) is 51.4 Å². The van der Waals surface area contributed by atoms with Crippen LogP contribution in [0.15, 0.2) is 0 Å². The predicted octanol–water partition coefficient (Wildman–Crippen LogP) is 3.72. The molecule has 0 aromatic heterocycles. The molecule has 0 aliphatic carbocycles. The maximum absolute atomic E-state index is 10.1. The number of hydrogen-bond acceptors (Lipinski definition) is 4. The molecule has 0 aromatic carbocycles. The van der Waals surface area contributed by atoms with Crippen LogP contribution in [0.4, 0.5) is 0 Å². The number of nitrogens with one attached hydrogen (secondary N) is 4. The summed E-state index contributed by atoms with van der Waals surface area (Å²) in [6.07, 6.45) is 7.05. The molecule has 0 unspecified atom stereocenters. The van der Waals surface area contributed by atoms with Gasteiger partial charge in [-0.2, -0.15) is 0 Å². The fourth-order valence-electron chi connectivity index (χ4n) is 2.26. The van der Waals surface area contributed by atoms with E-state index in [1.165, 1.54) is 0 Å². The van der Waals surface area contributed by atoms with Gasteiger partial charge >= 0.3 is 103 Å². The van der Waals surface area contributed by atoms with Gasteiger partial charge in [0.05, 0.1) is 0 Å². The summed E-state index contributed by atoms with van der Waals surface area (Å²) in [6, 6.07) is 0. The van der Waals surface area contributed by atoms with Crippen LogP contribution >= 0.6 is 58.3 Å². The minimum atomic E-state index is -0.106. The Hall–Kier alpha value is 1.46. The molecule has 0 spiro atoms. The SMILES string of the molecule is O=C1CCCN1.O=C1CCCN1.O=C1CCCN1.O=C1CCCN1.[Cl][Cu][Cl].[Cl][Pd][Cl].[Cl][Pd][Cl]. The molecule has 4 amide bonds. The van der Waals surface area contributed by atoms with E-state index >= 15 is 0 Å². The Labute approximate surface area is 242 Å². The number of amides is 4. The minimum absolute atomic E-state index is 0.106. The van der Waals surface area contributed by atoms with Gasteiger partial charge in [-0.3, -0.25) is 19.2 Å². The second-order valence-corrected chi connectivity index (χ2v) is 12.2. The summed E-state index contributed by atoms with van der Waals surface area (Å²) in [6.45, 7) is 3.55. The molecular weight excluding hydrogens is 801 g/mol. The summed E-state index contributed by atoms with van der Waals surface area (Å²) in [7, 11) is 28.6. The number of carbonyl (C=O) groups is 4. The van der Waals surface area contributed by atoms with Crippen molar-refractivity contribution < 1.29 is 64.2 Å². The van der Waals surface area contributed by atoms with E-state index in [2.05, 4.69) is 41.5 Å². The van der Waals surface area contributed by atoms with E-state index in [0.29, 0.717) is 0 Å². The van der Waals surface area contributed by atoms with E-state index in [1.54, 1.807) is 0 Å². The number of halogens is 6. The van der Waals surface area contributed by atoms with E-state index in [-0.39, 0.29) is 55.5 Å². The molecule has 0 aromatic rings. The van der Waals surface area contributed by atoms with Gasteiger partial charge in [0.2, 0.25) is 23.6 Å². The summed E-state index contributed by atoms with van der Waals surface area (Å²) in [5, 5.41) is 10.7. The first-order valence-electron chi connectivity index (χ1n) is 9.35. The van der Waals surface area contributed by atoms with Crippen molar-refractivity contribution in [1.29, 1.82) is 0 Å². The van der Waals surface area contributed by atoms with Gasteiger partial charge in [0.15, 0.2) is 0 Å². The van der Waals surface area contributed by atoms with E-state index in [1.807, 2.05) is 0 Å². The zero-order chi connectivity index (χ0) is 25.7. The Morgan fingerprint density at radius 3 is 0.697 bits per heavy atom. The number of carbonyl (C=O) groups excluding carboxylic acids is 4. The van der Waals surface area contributed by atoms with Crippen LogP contribution in [0.25, 0.3) is 0 Å². The third-order valence-corrected chi connectivity index (χ3v) is 3.61. The average Bonchev–Trinajstić information content (AvgIpc) is 3.57. The van der Waals surface area contributed by atoms with Crippen molar-refractivity contribution in [3.05, 3.63) is 0 Å². The van der Waals surface area contributed by atoms with Crippen molar-refractivity contribution in [3.63, 3.8) is 0 Å². The Balaban J connectivity index is -0.000000327. The van der Waals surface area contributed by atoms with E-state index < -0.39 is 0 Å². The van der Waals surface area contributed by atoms with Crippen molar-refractivity contribution >= 4 is 81.9 Å². The van der Waals surface area contributed by atoms with Crippen LogP contribution < -0.4 is 21.3 Å². The van der Waals surface area contributed by atoms with E-state index in [0.717, 1.165) is 90.7 Å². The molecule has 0 atom stereocenters. The van der Waals surface area contributed by atoms with E-state index in [4.69, 9.17) is 38.1 Å². The van der Waals surface area contributed by atoms with Gasteiger partial charge in [-0.1, -0.05) is 0 Å². The van der Waals surface area contributed by atoms with Gasteiger partial charge in [0.25, 0.3) is 0 Å². The van der Waals surface area contributed by atoms with Crippen molar-refractivity contribution in [2.45, 2.75) is 51.4 Å².